The van der Waals surface area contributed by atoms with Gasteiger partial charge in [-0.3, -0.25) is 14.5 Å². The first-order chi connectivity index (χ1) is 18.9. The summed E-state index contributed by atoms with van der Waals surface area (Å²) in [4.78, 5) is 45.2. The van der Waals surface area contributed by atoms with E-state index in [-0.39, 0.29) is 71.0 Å². The number of carbonyl (C=O) groups excluding carboxylic acids is 2. The molecule has 2 atom stereocenters. The normalized spacial score (nSPS) is 22.2. The Morgan fingerprint density at radius 3 is 2.60 bits per heavy atom. The molecule has 0 bridgehead atoms. The van der Waals surface area contributed by atoms with Crippen LogP contribution < -0.4 is 21.1 Å². The van der Waals surface area contributed by atoms with Crippen molar-refractivity contribution in [2.24, 2.45) is 0 Å². The highest BCUT2D eigenvalue weighted by Gasteiger charge is 2.34. The summed E-state index contributed by atoms with van der Waals surface area (Å²) in [6.45, 7) is 5.27. The lowest BCUT2D eigenvalue weighted by Crippen LogP contribution is -2.51. The molecule has 40 heavy (non-hydrogen) atoms. The number of aromatic nitrogens is 4. The molecule has 214 valence electrons. The molecule has 2 amide bonds. The Balaban J connectivity index is 1.52. The summed E-state index contributed by atoms with van der Waals surface area (Å²) in [6, 6.07) is 4.50. The number of alkyl halides is 1. The van der Waals surface area contributed by atoms with Crippen LogP contribution in [0.15, 0.2) is 35.4 Å². The van der Waals surface area contributed by atoms with E-state index in [0.717, 1.165) is 12.8 Å². The van der Waals surface area contributed by atoms with Crippen LogP contribution in [-0.4, -0.2) is 69.2 Å². The third-order valence-electron chi connectivity index (χ3n) is 7.23. The van der Waals surface area contributed by atoms with Crippen LogP contribution in [-0.2, 0) is 9.47 Å². The van der Waals surface area contributed by atoms with E-state index in [0.29, 0.717) is 0 Å². The van der Waals surface area contributed by atoms with Crippen LogP contribution in [0.5, 0.6) is 0 Å². The van der Waals surface area contributed by atoms with Gasteiger partial charge in [-0.1, -0.05) is 0 Å². The van der Waals surface area contributed by atoms with Gasteiger partial charge in [0.1, 0.15) is 34.7 Å². The van der Waals surface area contributed by atoms with E-state index in [1.54, 1.807) is 46.2 Å². The Morgan fingerprint density at radius 1 is 1.23 bits per heavy atom. The van der Waals surface area contributed by atoms with Gasteiger partial charge in [0.15, 0.2) is 5.65 Å². The average molecular weight is 556 g/mol. The molecule has 0 spiro atoms. The number of methoxy groups -OCH3 is 1. The number of rotatable bonds is 7. The molecule has 2 saturated carbocycles. The monoisotopic (exact) mass is 555 g/mol. The molecule has 2 fully saturated rings. The first kappa shape index (κ1) is 27.6. The van der Waals surface area contributed by atoms with Gasteiger partial charge in [-0.15, -0.1) is 0 Å². The molecular formula is C27H34FN7O5. The van der Waals surface area contributed by atoms with E-state index >= 15 is 0 Å². The predicted molar refractivity (Wildman–Crippen MR) is 146 cm³/mol. The molecule has 0 radical (unpaired) electrons. The third-order valence-corrected chi connectivity index (χ3v) is 7.23. The lowest BCUT2D eigenvalue weighted by Gasteiger charge is -2.35. The second-order valence-corrected chi connectivity index (χ2v) is 11.2. The summed E-state index contributed by atoms with van der Waals surface area (Å²) in [5.74, 6) is 0.0810. The van der Waals surface area contributed by atoms with Crippen LogP contribution in [0, 0.1) is 0 Å². The largest absolute Gasteiger partial charge is 0.443 e. The van der Waals surface area contributed by atoms with Crippen molar-refractivity contribution in [3.8, 4) is 0 Å². The zero-order valence-electron chi connectivity index (χ0n) is 23.2. The van der Waals surface area contributed by atoms with E-state index in [1.165, 1.54) is 33.3 Å². The van der Waals surface area contributed by atoms with Crippen molar-refractivity contribution in [3.05, 3.63) is 46.5 Å². The van der Waals surface area contributed by atoms with Gasteiger partial charge < -0.3 is 24.7 Å². The lowest BCUT2D eigenvalue weighted by molar-refractivity contribution is 0.00732. The number of hydrogen-bond donors (Lipinski definition) is 2. The average Bonchev–Trinajstić information content (AvgIpc) is 3.28. The minimum absolute atomic E-state index is 0.0616. The molecule has 2 N–H and O–H groups in total. The van der Waals surface area contributed by atoms with E-state index in [4.69, 9.17) is 9.47 Å². The van der Waals surface area contributed by atoms with Crippen LogP contribution in [0.1, 0.15) is 62.9 Å². The number of carbonyl (C=O) groups is 2. The van der Waals surface area contributed by atoms with Crippen LogP contribution >= 0.6 is 0 Å². The van der Waals surface area contributed by atoms with Gasteiger partial charge >= 0.3 is 6.09 Å². The van der Waals surface area contributed by atoms with Gasteiger partial charge in [0.25, 0.3) is 11.5 Å². The van der Waals surface area contributed by atoms with Gasteiger partial charge in [0.05, 0.1) is 18.3 Å². The zero-order chi connectivity index (χ0) is 28.8. The molecule has 3 heterocycles. The molecule has 3 aromatic heterocycles. The van der Waals surface area contributed by atoms with Crippen molar-refractivity contribution >= 4 is 35.0 Å². The summed E-state index contributed by atoms with van der Waals surface area (Å²) in [5.41, 5.74) is -0.487. The number of ether oxygens (including phenoxy) is 2. The van der Waals surface area contributed by atoms with Gasteiger partial charge in [0.2, 0.25) is 0 Å². The van der Waals surface area contributed by atoms with Gasteiger partial charge in [-0.05, 0) is 58.6 Å². The second-order valence-electron chi connectivity index (χ2n) is 11.2. The molecule has 3 aromatic rings. The number of halogens is 1. The fourth-order valence-corrected chi connectivity index (χ4v) is 4.78. The summed E-state index contributed by atoms with van der Waals surface area (Å²) in [7, 11) is 3.13. The molecule has 0 saturated heterocycles. The highest BCUT2D eigenvalue weighted by atomic mass is 19.1. The maximum atomic E-state index is 13.5. The molecule has 0 unspecified atom stereocenters. The molecule has 0 aliphatic heterocycles. The standard InChI is InChI=1S/C27H34FN7O5/c1-27(2,3)40-26(38)33(4)22-13-21(30-19-7-6-10-34(25(19)37)16-11-15(28)12-16)32-23-17(14-29-35(22)23)24(36)31-18-8-9-20(18)39-5/h6-7,10,13-16,18,20H,8-9,11-12H2,1-5H3,(H,30,32)(H,31,36)/t15-,16-,18-,20-/m0/s1. The SMILES string of the molecule is CO[C@H]1CC[C@@H]1NC(=O)c1cnn2c(N(C)C(=O)OC(C)(C)C)cc(Nc3cccn([C@H]4C[C@H](F)C4)c3=O)nc12. The first-order valence-corrected chi connectivity index (χ1v) is 13.3. The summed E-state index contributed by atoms with van der Waals surface area (Å²) in [5, 5.41) is 10.3. The number of pyridine rings is 1. The fourth-order valence-electron chi connectivity index (χ4n) is 4.78. The van der Waals surface area contributed by atoms with Gasteiger partial charge in [0, 0.05) is 32.5 Å². The van der Waals surface area contributed by atoms with Gasteiger partial charge in [-0.2, -0.15) is 9.61 Å². The topological polar surface area (TPSA) is 132 Å². The molecule has 13 heteroatoms. The third kappa shape index (κ3) is 5.37. The summed E-state index contributed by atoms with van der Waals surface area (Å²) >= 11 is 0. The zero-order valence-corrected chi connectivity index (χ0v) is 23.2. The minimum Gasteiger partial charge on any atom is -0.443 e. The fraction of sp³-hybridized carbons (Fsp3) is 0.519. The number of amides is 2. The highest BCUT2D eigenvalue weighted by Crippen LogP contribution is 2.34. The van der Waals surface area contributed by atoms with Crippen molar-refractivity contribution in [1.29, 1.82) is 0 Å². The number of fused-ring (bicyclic) bond motifs is 1. The lowest BCUT2D eigenvalue weighted by atomic mass is 9.89. The van der Waals surface area contributed by atoms with Crippen molar-refractivity contribution in [2.45, 2.75) is 76.4 Å². The summed E-state index contributed by atoms with van der Waals surface area (Å²) < 4.78 is 27.3. The predicted octanol–water partition coefficient (Wildman–Crippen LogP) is 3.59. The second kappa shape index (κ2) is 10.5. The molecule has 2 aliphatic rings. The van der Waals surface area contributed by atoms with Crippen molar-refractivity contribution < 1.29 is 23.5 Å². The quantitative estimate of drug-likeness (QED) is 0.452. The van der Waals surface area contributed by atoms with E-state index in [2.05, 4.69) is 20.7 Å². The Labute approximate surface area is 230 Å². The molecule has 5 rings (SSSR count). The maximum absolute atomic E-state index is 13.5. The molecule has 2 aliphatic carbocycles. The Kier molecular flexibility index (Phi) is 7.25. The van der Waals surface area contributed by atoms with E-state index in [1.807, 2.05) is 0 Å². The van der Waals surface area contributed by atoms with E-state index < -0.39 is 17.9 Å². The smallest absolute Gasteiger partial charge is 0.415 e. The highest BCUT2D eigenvalue weighted by molar-refractivity contribution is 6.00. The summed E-state index contributed by atoms with van der Waals surface area (Å²) in [6.07, 6.45) is 3.63. The van der Waals surface area contributed by atoms with Crippen molar-refractivity contribution in [3.63, 3.8) is 0 Å². The Hall–Kier alpha value is -4.00. The first-order valence-electron chi connectivity index (χ1n) is 13.3. The number of nitrogens with zero attached hydrogens (tertiary/aromatic N) is 5. The van der Waals surface area contributed by atoms with E-state index in [9.17, 15) is 18.8 Å². The molecule has 0 aromatic carbocycles. The van der Waals surface area contributed by atoms with Crippen LogP contribution in [0.3, 0.4) is 0 Å². The number of hydrogen-bond acceptors (Lipinski definition) is 8. The minimum atomic E-state index is -0.908. The van der Waals surface area contributed by atoms with Crippen LogP contribution in [0.2, 0.25) is 0 Å². The Bertz CT molecular complexity index is 1490. The maximum Gasteiger partial charge on any atom is 0.415 e. The van der Waals surface area contributed by atoms with Crippen molar-refractivity contribution in [1.82, 2.24) is 24.5 Å². The Morgan fingerprint density at radius 2 is 1.98 bits per heavy atom. The van der Waals surface area contributed by atoms with Crippen molar-refractivity contribution in [2.75, 3.05) is 24.4 Å². The molecular weight excluding hydrogens is 521 g/mol. The number of nitrogens with one attached hydrogen (secondary N) is 2. The van der Waals surface area contributed by atoms with Crippen LogP contribution in [0.4, 0.5) is 26.5 Å². The van der Waals surface area contributed by atoms with Gasteiger partial charge in [-0.25, -0.2) is 14.2 Å². The van der Waals surface area contributed by atoms with Crippen LogP contribution in [0.25, 0.3) is 5.65 Å². The number of anilines is 3. The molecule has 12 nitrogen and oxygen atoms in total.